The van der Waals surface area contributed by atoms with Gasteiger partial charge in [0.25, 0.3) is 0 Å². The normalized spacial score (nSPS) is 11.0. The number of pyridine rings is 1. The summed E-state index contributed by atoms with van der Waals surface area (Å²) in [5, 5.41) is 9.17. The van der Waals surface area contributed by atoms with Crippen molar-refractivity contribution in [1.82, 2.24) is 4.98 Å². The minimum atomic E-state index is -3.53. The van der Waals surface area contributed by atoms with Crippen LogP contribution in [0.2, 0.25) is 0 Å². The first-order chi connectivity index (χ1) is 23.5. The van der Waals surface area contributed by atoms with Gasteiger partial charge in [-0.3, -0.25) is 14.5 Å². The van der Waals surface area contributed by atoms with Crippen LogP contribution in [0.15, 0.2) is 103 Å². The van der Waals surface area contributed by atoms with Crippen molar-refractivity contribution in [2.45, 2.75) is 26.4 Å². The molecule has 0 unspecified atom stereocenters. The smallest absolute Gasteiger partial charge is 0.248 e. The highest BCUT2D eigenvalue weighted by molar-refractivity contribution is 7.92. The van der Waals surface area contributed by atoms with Crippen molar-refractivity contribution >= 4 is 27.3 Å². The molecule has 49 heavy (non-hydrogen) atoms. The number of anilines is 2. The second-order valence-corrected chi connectivity index (χ2v) is 13.1. The van der Waals surface area contributed by atoms with Crippen LogP contribution in [-0.2, 0) is 29.5 Å². The lowest BCUT2D eigenvalue weighted by Gasteiger charge is -2.28. The lowest BCUT2D eigenvalue weighted by atomic mass is 10.1. The number of amides is 1. The van der Waals surface area contributed by atoms with Gasteiger partial charge >= 0.3 is 0 Å². The Kier molecular flexibility index (Phi) is 10.8. The molecule has 5 aromatic rings. The topological polar surface area (TPSA) is 148 Å². The number of hydrogen-bond acceptors (Lipinski definition) is 8. The van der Waals surface area contributed by atoms with Crippen LogP contribution in [0, 0.1) is 24.1 Å². The number of carbonyl (C=O) groups excluding carboxylic acids is 1. The average molecular weight is 680 g/mol. The van der Waals surface area contributed by atoms with Gasteiger partial charge in [0, 0.05) is 49.2 Å². The Morgan fingerprint density at radius 1 is 0.939 bits per heavy atom. The Morgan fingerprint density at radius 3 is 2.35 bits per heavy atom. The quantitative estimate of drug-likeness (QED) is 0.135. The molecule has 0 aliphatic rings. The fourth-order valence-electron chi connectivity index (χ4n) is 5.18. The summed E-state index contributed by atoms with van der Waals surface area (Å²) in [7, 11) is -3.53. The summed E-state index contributed by atoms with van der Waals surface area (Å²) in [6.45, 7) is 2.81. The molecule has 1 aromatic heterocycles. The largest absolute Gasteiger partial charge is 0.493 e. The number of sulfonamides is 1. The first-order valence-electron chi connectivity index (χ1n) is 15.2. The zero-order valence-corrected chi connectivity index (χ0v) is 27.7. The summed E-state index contributed by atoms with van der Waals surface area (Å²) in [5.41, 5.74) is 10.1. The molecular weight excluding hydrogens is 646 g/mol. The van der Waals surface area contributed by atoms with Gasteiger partial charge in [-0.2, -0.15) is 5.26 Å². The highest BCUT2D eigenvalue weighted by Crippen LogP contribution is 2.32. The van der Waals surface area contributed by atoms with Gasteiger partial charge in [-0.1, -0.05) is 30.3 Å². The van der Waals surface area contributed by atoms with Crippen molar-refractivity contribution in [3.63, 3.8) is 0 Å². The minimum Gasteiger partial charge on any atom is -0.493 e. The highest BCUT2D eigenvalue weighted by Gasteiger charge is 2.17. The maximum absolute atomic E-state index is 14.5. The van der Waals surface area contributed by atoms with E-state index in [9.17, 15) is 17.6 Å². The highest BCUT2D eigenvalue weighted by atomic mass is 32.2. The van der Waals surface area contributed by atoms with E-state index >= 15 is 0 Å². The summed E-state index contributed by atoms with van der Waals surface area (Å²) in [4.78, 5) is 18.1. The number of primary amides is 1. The molecule has 0 radical (unpaired) electrons. The van der Waals surface area contributed by atoms with Gasteiger partial charge in [0.1, 0.15) is 29.1 Å². The van der Waals surface area contributed by atoms with Crippen LogP contribution < -0.4 is 24.8 Å². The Labute approximate surface area is 284 Å². The maximum atomic E-state index is 14.5. The lowest BCUT2D eigenvalue weighted by Crippen LogP contribution is -2.23. The molecule has 0 fully saturated rings. The third-order valence-electron chi connectivity index (χ3n) is 7.55. The number of rotatable bonds is 14. The monoisotopic (exact) mass is 679 g/mol. The number of nitrogens with zero attached hydrogens (tertiary/aromatic N) is 3. The van der Waals surface area contributed by atoms with Gasteiger partial charge in [0.15, 0.2) is 0 Å². The maximum Gasteiger partial charge on any atom is 0.248 e. The van der Waals surface area contributed by atoms with Gasteiger partial charge in [0.2, 0.25) is 15.9 Å². The second-order valence-electron chi connectivity index (χ2n) is 11.4. The molecule has 3 N–H and O–H groups in total. The molecule has 0 bridgehead atoms. The van der Waals surface area contributed by atoms with Crippen molar-refractivity contribution in [2.24, 2.45) is 5.73 Å². The molecule has 1 heterocycles. The van der Waals surface area contributed by atoms with Crippen LogP contribution in [0.25, 0.3) is 0 Å². The van der Waals surface area contributed by atoms with E-state index in [1.165, 1.54) is 12.1 Å². The molecule has 12 heteroatoms. The van der Waals surface area contributed by atoms with Crippen molar-refractivity contribution in [1.29, 1.82) is 5.26 Å². The number of hydrogen-bond donors (Lipinski definition) is 2. The Morgan fingerprint density at radius 2 is 1.67 bits per heavy atom. The molecule has 0 saturated carbocycles. The van der Waals surface area contributed by atoms with Crippen LogP contribution in [0.5, 0.6) is 17.2 Å². The van der Waals surface area contributed by atoms with Crippen LogP contribution in [0.4, 0.5) is 15.8 Å². The summed E-state index contributed by atoms with van der Waals surface area (Å²) < 4.78 is 53.1. The number of nitrogens with two attached hydrogens (primary N) is 1. The summed E-state index contributed by atoms with van der Waals surface area (Å²) >= 11 is 0. The standard InChI is InChI=1S/C37H34FN5O5S/c1-25-35(42-49(2,45)46)6-3-7-36(25)43(24-28-8-11-29(21-39)34(38)17-28)23-27-9-12-31(13-10-27)48-33-19-30(37(40)44)18-32(20-33)47-16-14-26-5-4-15-41-22-26/h3-13,15,17-20,22,42H,14,16,23-24H2,1-2H3,(H2,40,44). The van der Waals surface area contributed by atoms with Crippen LogP contribution in [-0.4, -0.2) is 32.2 Å². The van der Waals surface area contributed by atoms with Gasteiger partial charge in [-0.25, -0.2) is 12.8 Å². The fourth-order valence-corrected chi connectivity index (χ4v) is 5.80. The van der Waals surface area contributed by atoms with Crippen molar-refractivity contribution in [2.75, 3.05) is 22.5 Å². The molecule has 0 saturated heterocycles. The number of benzene rings is 4. The van der Waals surface area contributed by atoms with E-state index in [2.05, 4.69) is 9.71 Å². The number of ether oxygens (including phenoxy) is 2. The predicted molar refractivity (Wildman–Crippen MR) is 186 cm³/mol. The summed E-state index contributed by atoms with van der Waals surface area (Å²) in [6.07, 6.45) is 5.18. The summed E-state index contributed by atoms with van der Waals surface area (Å²) in [6, 6.07) is 27.5. The number of nitriles is 1. The average Bonchev–Trinajstić information content (AvgIpc) is 3.06. The lowest BCUT2D eigenvalue weighted by molar-refractivity contribution is 0.0999. The van der Waals surface area contributed by atoms with Crippen LogP contribution >= 0.6 is 0 Å². The van der Waals surface area contributed by atoms with Crippen molar-refractivity contribution in [3.8, 4) is 23.3 Å². The predicted octanol–water partition coefficient (Wildman–Crippen LogP) is 6.49. The Bertz CT molecular complexity index is 2100. The van der Waals surface area contributed by atoms with Gasteiger partial charge in [-0.15, -0.1) is 0 Å². The Balaban J connectivity index is 1.36. The molecule has 250 valence electrons. The first-order valence-corrected chi connectivity index (χ1v) is 17.1. The van der Waals surface area contributed by atoms with Crippen molar-refractivity contribution < 1.29 is 27.1 Å². The van der Waals surface area contributed by atoms with E-state index < -0.39 is 21.7 Å². The molecular formula is C37H34FN5O5S. The first kappa shape index (κ1) is 34.4. The van der Waals surface area contributed by atoms with E-state index in [-0.39, 0.29) is 17.7 Å². The third kappa shape index (κ3) is 9.56. The van der Waals surface area contributed by atoms with Gasteiger partial charge in [-0.05, 0) is 83.8 Å². The van der Waals surface area contributed by atoms with Crippen LogP contribution in [0.1, 0.15) is 38.2 Å². The van der Waals surface area contributed by atoms with E-state index in [1.54, 1.807) is 60.9 Å². The molecule has 0 atom stereocenters. The van der Waals surface area contributed by atoms with E-state index in [0.717, 1.165) is 23.1 Å². The molecule has 0 aliphatic carbocycles. The van der Waals surface area contributed by atoms with Crippen molar-refractivity contribution in [3.05, 3.63) is 143 Å². The van der Waals surface area contributed by atoms with E-state index in [1.807, 2.05) is 48.2 Å². The number of nitrogens with one attached hydrogen (secondary N) is 1. The zero-order chi connectivity index (χ0) is 35.0. The number of halogens is 1. The molecule has 10 nitrogen and oxygen atoms in total. The second kappa shape index (κ2) is 15.3. The Hall–Kier alpha value is -5.93. The molecule has 0 aliphatic heterocycles. The van der Waals surface area contributed by atoms with E-state index in [0.29, 0.717) is 53.6 Å². The van der Waals surface area contributed by atoms with Gasteiger partial charge in [0.05, 0.1) is 24.1 Å². The van der Waals surface area contributed by atoms with Crippen LogP contribution in [0.3, 0.4) is 0 Å². The minimum absolute atomic E-state index is 0.0498. The molecule has 5 rings (SSSR count). The molecule has 0 spiro atoms. The fraction of sp³-hybridized carbons (Fsp3) is 0.162. The molecule has 1 amide bonds. The number of aromatic nitrogens is 1. The zero-order valence-electron chi connectivity index (χ0n) is 26.9. The molecule has 4 aromatic carbocycles. The van der Waals surface area contributed by atoms with Gasteiger partial charge < -0.3 is 20.1 Å². The summed E-state index contributed by atoms with van der Waals surface area (Å²) in [5.74, 6) is 0.0719. The SMILES string of the molecule is Cc1c(NS(C)(=O)=O)cccc1N(Cc1ccc(Oc2cc(OCCc3cccnc3)cc(C(N)=O)c2)cc1)Cc1ccc(C#N)c(F)c1. The van der Waals surface area contributed by atoms with E-state index in [4.69, 9.17) is 20.5 Å². The number of carbonyl (C=O) groups is 1. The third-order valence-corrected chi connectivity index (χ3v) is 8.14.